The monoisotopic (exact) mass is 527 g/mol. The Morgan fingerprint density at radius 2 is 1.76 bits per heavy atom. The number of benzene rings is 2. The van der Waals surface area contributed by atoms with E-state index in [0.717, 1.165) is 47.6 Å². The molecule has 0 spiro atoms. The number of aryl methyl sites for hydroxylation is 1. The first-order valence-electron chi connectivity index (χ1n) is 11.9. The van der Waals surface area contributed by atoms with E-state index >= 15 is 0 Å². The zero-order valence-electron chi connectivity index (χ0n) is 19.9. The lowest BCUT2D eigenvalue weighted by Crippen LogP contribution is -2.20. The first-order chi connectivity index (χ1) is 17.8. The van der Waals surface area contributed by atoms with Crippen molar-refractivity contribution in [3.8, 4) is 10.4 Å². The predicted octanol–water partition coefficient (Wildman–Crippen LogP) is 7.08. The molecular weight excluding hydrogens is 503 g/mol. The van der Waals surface area contributed by atoms with E-state index in [0.29, 0.717) is 41.4 Å². The number of hydrogen-bond donors (Lipinski definition) is 2. The lowest BCUT2D eigenvalue weighted by molar-refractivity contribution is 0.262. The molecule has 2 heterocycles. The number of carbonyl (C=O) groups is 1. The zero-order chi connectivity index (χ0) is 25.9. The second kappa shape index (κ2) is 10.7. The SMILES string of the molecule is Cc1noc(CC2CCC(c3ncc(-c4ccc(NC(=O)Nc5cc(F)c(F)cc5F)cc4)s3)CC2)n1. The summed E-state index contributed by atoms with van der Waals surface area (Å²) in [6.45, 7) is 1.83. The maximum absolute atomic E-state index is 13.8. The van der Waals surface area contributed by atoms with Crippen molar-refractivity contribution >= 4 is 28.7 Å². The Morgan fingerprint density at radius 3 is 2.46 bits per heavy atom. The summed E-state index contributed by atoms with van der Waals surface area (Å²) in [5.41, 5.74) is 0.967. The molecule has 7 nitrogen and oxygen atoms in total. The number of nitrogens with zero attached hydrogens (tertiary/aromatic N) is 3. The summed E-state index contributed by atoms with van der Waals surface area (Å²) in [5, 5.41) is 9.72. The fraction of sp³-hybridized carbons (Fsp3) is 0.308. The van der Waals surface area contributed by atoms with Gasteiger partial charge in [-0.1, -0.05) is 17.3 Å². The highest BCUT2D eigenvalue weighted by Crippen LogP contribution is 2.40. The maximum atomic E-state index is 13.8. The van der Waals surface area contributed by atoms with Crippen LogP contribution in [0.2, 0.25) is 0 Å². The molecule has 192 valence electrons. The molecule has 2 amide bonds. The van der Waals surface area contributed by atoms with Crippen LogP contribution in [0.5, 0.6) is 0 Å². The van der Waals surface area contributed by atoms with Gasteiger partial charge in [0.1, 0.15) is 5.82 Å². The Morgan fingerprint density at radius 1 is 1.03 bits per heavy atom. The summed E-state index contributed by atoms with van der Waals surface area (Å²) in [6.07, 6.45) is 7.03. The molecule has 1 aliphatic rings. The summed E-state index contributed by atoms with van der Waals surface area (Å²) in [5.74, 6) is -1.29. The van der Waals surface area contributed by atoms with E-state index in [2.05, 4.69) is 25.8 Å². The van der Waals surface area contributed by atoms with Crippen molar-refractivity contribution in [1.82, 2.24) is 15.1 Å². The predicted molar refractivity (Wildman–Crippen MR) is 134 cm³/mol. The van der Waals surface area contributed by atoms with E-state index < -0.39 is 29.2 Å². The third-order valence-corrected chi connectivity index (χ3v) is 7.65. The number of nitrogens with one attached hydrogen (secondary N) is 2. The van der Waals surface area contributed by atoms with Gasteiger partial charge in [-0.05, 0) is 56.2 Å². The third-order valence-electron chi connectivity index (χ3n) is 6.44. The molecule has 5 rings (SSSR count). The Balaban J connectivity index is 1.15. The highest BCUT2D eigenvalue weighted by Gasteiger charge is 2.26. The van der Waals surface area contributed by atoms with Gasteiger partial charge in [-0.15, -0.1) is 11.3 Å². The van der Waals surface area contributed by atoms with Crippen LogP contribution in [0.25, 0.3) is 10.4 Å². The molecule has 0 radical (unpaired) electrons. The number of halogens is 3. The molecule has 11 heteroatoms. The van der Waals surface area contributed by atoms with Crippen molar-refractivity contribution in [1.29, 1.82) is 0 Å². The summed E-state index contributed by atoms with van der Waals surface area (Å²) in [6, 6.07) is 7.33. The van der Waals surface area contributed by atoms with Crippen molar-refractivity contribution in [3.63, 3.8) is 0 Å². The molecule has 0 saturated heterocycles. The average molecular weight is 528 g/mol. The number of carbonyl (C=O) groups excluding carboxylic acids is 1. The van der Waals surface area contributed by atoms with Gasteiger partial charge >= 0.3 is 6.03 Å². The van der Waals surface area contributed by atoms with E-state index in [9.17, 15) is 18.0 Å². The third kappa shape index (κ3) is 5.99. The molecule has 1 aliphatic carbocycles. The Kier molecular flexibility index (Phi) is 7.22. The highest BCUT2D eigenvalue weighted by atomic mass is 32.1. The smallest absolute Gasteiger partial charge is 0.323 e. The number of amides is 2. The van der Waals surface area contributed by atoms with Crippen molar-refractivity contribution in [2.24, 2.45) is 5.92 Å². The van der Waals surface area contributed by atoms with Gasteiger partial charge < -0.3 is 15.2 Å². The maximum Gasteiger partial charge on any atom is 0.323 e. The van der Waals surface area contributed by atoms with Crippen LogP contribution in [0.3, 0.4) is 0 Å². The number of thiazole rings is 1. The van der Waals surface area contributed by atoms with Gasteiger partial charge in [0.05, 0.1) is 15.6 Å². The van der Waals surface area contributed by atoms with Crippen LogP contribution in [-0.4, -0.2) is 21.2 Å². The molecule has 2 aromatic heterocycles. The number of anilines is 2. The molecule has 2 aromatic carbocycles. The van der Waals surface area contributed by atoms with Gasteiger partial charge in [0, 0.05) is 36.4 Å². The van der Waals surface area contributed by atoms with Crippen LogP contribution in [-0.2, 0) is 6.42 Å². The van der Waals surface area contributed by atoms with Gasteiger partial charge in [0.15, 0.2) is 17.5 Å². The van der Waals surface area contributed by atoms with E-state index in [4.69, 9.17) is 4.52 Å². The van der Waals surface area contributed by atoms with Crippen LogP contribution >= 0.6 is 11.3 Å². The van der Waals surface area contributed by atoms with Crippen molar-refractivity contribution in [2.75, 3.05) is 10.6 Å². The first kappa shape index (κ1) is 24.9. The average Bonchev–Trinajstić information content (AvgIpc) is 3.53. The van der Waals surface area contributed by atoms with E-state index in [1.807, 2.05) is 25.3 Å². The lowest BCUT2D eigenvalue weighted by Gasteiger charge is -2.26. The van der Waals surface area contributed by atoms with E-state index in [1.165, 1.54) is 0 Å². The number of rotatable bonds is 6. The van der Waals surface area contributed by atoms with Crippen LogP contribution in [0.15, 0.2) is 47.1 Å². The van der Waals surface area contributed by atoms with Crippen LogP contribution in [0, 0.1) is 30.3 Å². The van der Waals surface area contributed by atoms with E-state index in [-0.39, 0.29) is 0 Å². The molecule has 0 bridgehead atoms. The second-order valence-corrected chi connectivity index (χ2v) is 10.2. The van der Waals surface area contributed by atoms with Crippen molar-refractivity contribution in [2.45, 2.75) is 44.9 Å². The van der Waals surface area contributed by atoms with Crippen LogP contribution in [0.1, 0.15) is 48.3 Å². The molecule has 1 fully saturated rings. The van der Waals surface area contributed by atoms with Crippen LogP contribution < -0.4 is 10.6 Å². The molecule has 2 N–H and O–H groups in total. The Labute approximate surface area is 215 Å². The fourth-order valence-electron chi connectivity index (χ4n) is 4.51. The highest BCUT2D eigenvalue weighted by molar-refractivity contribution is 7.15. The second-order valence-electron chi connectivity index (χ2n) is 9.12. The van der Waals surface area contributed by atoms with Gasteiger partial charge in [-0.2, -0.15) is 4.98 Å². The molecule has 4 aromatic rings. The van der Waals surface area contributed by atoms with Crippen LogP contribution in [0.4, 0.5) is 29.3 Å². The standard InChI is InChI=1S/C26H24F3N5O2S/c1-14-31-24(36-34-14)10-15-2-4-17(5-3-15)25-30-13-23(37-25)16-6-8-18(9-7-16)32-26(35)33-22-12-20(28)19(27)11-21(22)29/h6-9,11-13,15,17H,2-5,10H2,1H3,(H2,32,33,35). The van der Waals surface area contributed by atoms with Gasteiger partial charge in [-0.3, -0.25) is 0 Å². The van der Waals surface area contributed by atoms with Crippen molar-refractivity contribution < 1.29 is 22.5 Å². The summed E-state index contributed by atoms with van der Waals surface area (Å²) in [7, 11) is 0. The quantitative estimate of drug-likeness (QED) is 0.261. The van der Waals surface area contributed by atoms with Gasteiger partial charge in [-0.25, -0.2) is 22.9 Å². The molecule has 0 aliphatic heterocycles. The summed E-state index contributed by atoms with van der Waals surface area (Å²) < 4.78 is 45.4. The number of urea groups is 1. The minimum Gasteiger partial charge on any atom is -0.339 e. The van der Waals surface area contributed by atoms with Gasteiger partial charge in [0.25, 0.3) is 0 Å². The Hall–Kier alpha value is -3.73. The topological polar surface area (TPSA) is 92.9 Å². The van der Waals surface area contributed by atoms with E-state index in [1.54, 1.807) is 23.5 Å². The molecule has 1 saturated carbocycles. The Bertz CT molecular complexity index is 1400. The normalized spacial score (nSPS) is 17.5. The zero-order valence-corrected chi connectivity index (χ0v) is 20.7. The summed E-state index contributed by atoms with van der Waals surface area (Å²) >= 11 is 1.67. The molecule has 0 atom stereocenters. The largest absolute Gasteiger partial charge is 0.339 e. The molecule has 0 unspecified atom stereocenters. The molecule has 37 heavy (non-hydrogen) atoms. The first-order valence-corrected chi connectivity index (χ1v) is 12.7. The summed E-state index contributed by atoms with van der Waals surface area (Å²) in [4.78, 5) is 22.2. The lowest BCUT2D eigenvalue weighted by atomic mass is 9.81. The fourth-order valence-corrected chi connectivity index (χ4v) is 5.61. The van der Waals surface area contributed by atoms with Gasteiger partial charge in [0.2, 0.25) is 5.89 Å². The van der Waals surface area contributed by atoms with Crippen molar-refractivity contribution in [3.05, 3.63) is 76.8 Å². The number of aromatic nitrogens is 3. The minimum atomic E-state index is -1.33. The minimum absolute atomic E-state index is 0.381. The number of hydrogen-bond acceptors (Lipinski definition) is 6. The molecular formula is C26H24F3N5O2S.